The van der Waals surface area contributed by atoms with Crippen molar-refractivity contribution in [1.29, 1.82) is 0 Å². The highest BCUT2D eigenvalue weighted by Gasteiger charge is 2.15. The van der Waals surface area contributed by atoms with Crippen LogP contribution in [0.25, 0.3) is 0 Å². The number of hydrogen-bond acceptors (Lipinski definition) is 2. The van der Waals surface area contributed by atoms with Crippen molar-refractivity contribution >= 4 is 11.8 Å². The maximum Gasteiger partial charge on any atom is 0.306 e. The Labute approximate surface area is 85.5 Å². The van der Waals surface area contributed by atoms with Crippen LogP contribution in [0.15, 0.2) is 0 Å². The number of ketones is 1. The number of carboxylic acids is 1. The number of aliphatic carboxylic acids is 1. The Kier molecular flexibility index (Phi) is 7.07. The molecule has 0 radical (unpaired) electrons. The summed E-state index contributed by atoms with van der Waals surface area (Å²) in [6.45, 7) is 3.56. The van der Waals surface area contributed by atoms with Crippen molar-refractivity contribution < 1.29 is 14.7 Å². The van der Waals surface area contributed by atoms with E-state index in [4.69, 9.17) is 5.11 Å². The maximum absolute atomic E-state index is 10.8. The zero-order valence-electron chi connectivity index (χ0n) is 9.08. The maximum atomic E-state index is 10.8. The number of unbranched alkanes of at least 4 members (excludes halogenated alkanes) is 1. The van der Waals surface area contributed by atoms with E-state index in [0.717, 1.165) is 25.7 Å². The van der Waals surface area contributed by atoms with Crippen LogP contribution in [0.1, 0.15) is 52.4 Å². The van der Waals surface area contributed by atoms with E-state index in [1.807, 2.05) is 6.92 Å². The molecule has 0 spiro atoms. The van der Waals surface area contributed by atoms with Gasteiger partial charge in [-0.3, -0.25) is 4.79 Å². The molecule has 0 fully saturated rings. The third kappa shape index (κ3) is 6.63. The fourth-order valence-electron chi connectivity index (χ4n) is 1.50. The molecule has 1 N–H and O–H groups in total. The summed E-state index contributed by atoms with van der Waals surface area (Å²) in [6, 6.07) is 0. The van der Waals surface area contributed by atoms with Crippen molar-refractivity contribution in [1.82, 2.24) is 0 Å². The number of hydrogen-bond donors (Lipinski definition) is 1. The third-order valence-corrected chi connectivity index (χ3v) is 2.32. The molecule has 0 aromatic carbocycles. The van der Waals surface area contributed by atoms with Gasteiger partial charge in [0, 0.05) is 6.42 Å². The Bertz CT molecular complexity index is 187. The van der Waals surface area contributed by atoms with Crippen LogP contribution in [0, 0.1) is 5.92 Å². The first-order valence-corrected chi connectivity index (χ1v) is 5.30. The fourth-order valence-corrected chi connectivity index (χ4v) is 1.50. The SMILES string of the molecule is CCCC(CCCCC(C)=O)C(=O)O. The van der Waals surface area contributed by atoms with E-state index in [2.05, 4.69) is 0 Å². The van der Waals surface area contributed by atoms with Crippen LogP contribution in [0.3, 0.4) is 0 Å². The quantitative estimate of drug-likeness (QED) is 0.613. The van der Waals surface area contributed by atoms with Gasteiger partial charge in [0.2, 0.25) is 0 Å². The molecule has 0 aromatic heterocycles. The van der Waals surface area contributed by atoms with E-state index >= 15 is 0 Å². The lowest BCUT2D eigenvalue weighted by atomic mass is 9.96. The number of Topliss-reactive ketones (excluding diaryl/α,β-unsaturated/α-hetero) is 1. The molecule has 0 rings (SSSR count). The zero-order chi connectivity index (χ0) is 11.0. The van der Waals surface area contributed by atoms with Gasteiger partial charge in [0.05, 0.1) is 5.92 Å². The van der Waals surface area contributed by atoms with Crippen molar-refractivity contribution in [2.24, 2.45) is 5.92 Å². The molecule has 1 unspecified atom stereocenters. The van der Waals surface area contributed by atoms with E-state index in [1.165, 1.54) is 0 Å². The predicted octanol–water partition coefficient (Wildman–Crippen LogP) is 2.64. The second-order valence-electron chi connectivity index (χ2n) is 3.77. The molecule has 0 aromatic rings. The molecule has 0 aliphatic rings. The Balaban J connectivity index is 3.61. The molecule has 0 aliphatic carbocycles. The van der Waals surface area contributed by atoms with Crippen LogP contribution >= 0.6 is 0 Å². The predicted molar refractivity (Wildman–Crippen MR) is 55.2 cm³/mol. The van der Waals surface area contributed by atoms with E-state index in [1.54, 1.807) is 6.92 Å². The van der Waals surface area contributed by atoms with Gasteiger partial charge >= 0.3 is 5.97 Å². The van der Waals surface area contributed by atoms with Gasteiger partial charge in [-0.25, -0.2) is 0 Å². The summed E-state index contributed by atoms with van der Waals surface area (Å²) in [6.07, 6.45) is 4.60. The summed E-state index contributed by atoms with van der Waals surface area (Å²) < 4.78 is 0. The average Bonchev–Trinajstić information content (AvgIpc) is 2.09. The van der Waals surface area contributed by atoms with Gasteiger partial charge in [-0.1, -0.05) is 19.8 Å². The highest BCUT2D eigenvalue weighted by molar-refractivity contribution is 5.75. The largest absolute Gasteiger partial charge is 0.481 e. The molecule has 0 aliphatic heterocycles. The minimum absolute atomic E-state index is 0.187. The van der Waals surface area contributed by atoms with Crippen LogP contribution in [0.5, 0.6) is 0 Å². The summed E-state index contributed by atoms with van der Waals surface area (Å²) in [4.78, 5) is 21.4. The Morgan fingerprint density at radius 3 is 2.29 bits per heavy atom. The van der Waals surface area contributed by atoms with Crippen molar-refractivity contribution in [2.45, 2.75) is 52.4 Å². The minimum Gasteiger partial charge on any atom is -0.481 e. The summed E-state index contributed by atoms with van der Waals surface area (Å²) in [7, 11) is 0. The van der Waals surface area contributed by atoms with Gasteiger partial charge < -0.3 is 9.90 Å². The van der Waals surface area contributed by atoms with Crippen molar-refractivity contribution in [3.05, 3.63) is 0 Å². The summed E-state index contributed by atoms with van der Waals surface area (Å²) >= 11 is 0. The van der Waals surface area contributed by atoms with Crippen LogP contribution in [-0.4, -0.2) is 16.9 Å². The molecular formula is C11H20O3. The molecular weight excluding hydrogens is 180 g/mol. The van der Waals surface area contributed by atoms with Crippen molar-refractivity contribution in [3.63, 3.8) is 0 Å². The van der Waals surface area contributed by atoms with Gasteiger partial charge in [0.1, 0.15) is 5.78 Å². The molecule has 3 nitrogen and oxygen atoms in total. The van der Waals surface area contributed by atoms with E-state index < -0.39 is 5.97 Å². The van der Waals surface area contributed by atoms with Crippen molar-refractivity contribution in [3.8, 4) is 0 Å². The van der Waals surface area contributed by atoms with Crippen LogP contribution in [0.4, 0.5) is 0 Å². The molecule has 82 valence electrons. The highest BCUT2D eigenvalue weighted by atomic mass is 16.4. The summed E-state index contributed by atoms with van der Waals surface area (Å²) in [5, 5.41) is 8.85. The normalized spacial score (nSPS) is 12.4. The Morgan fingerprint density at radius 1 is 1.21 bits per heavy atom. The van der Waals surface area contributed by atoms with E-state index in [0.29, 0.717) is 12.8 Å². The molecule has 0 heterocycles. The average molecular weight is 200 g/mol. The van der Waals surface area contributed by atoms with Crippen LogP contribution in [-0.2, 0) is 9.59 Å². The first kappa shape index (κ1) is 13.1. The number of carbonyl (C=O) groups is 2. The first-order chi connectivity index (χ1) is 6.57. The fraction of sp³-hybridized carbons (Fsp3) is 0.818. The van der Waals surface area contributed by atoms with Crippen LogP contribution < -0.4 is 0 Å². The van der Waals surface area contributed by atoms with Gasteiger partial charge in [-0.15, -0.1) is 0 Å². The number of carboxylic acid groups (broad SMARTS) is 1. The summed E-state index contributed by atoms with van der Waals surface area (Å²) in [5.74, 6) is -0.728. The molecule has 0 saturated carbocycles. The second-order valence-corrected chi connectivity index (χ2v) is 3.77. The van der Waals surface area contributed by atoms with Crippen LogP contribution in [0.2, 0.25) is 0 Å². The minimum atomic E-state index is -0.699. The number of carbonyl (C=O) groups excluding carboxylic acids is 1. The van der Waals surface area contributed by atoms with E-state index in [-0.39, 0.29) is 11.7 Å². The van der Waals surface area contributed by atoms with Gasteiger partial charge in [0.25, 0.3) is 0 Å². The zero-order valence-corrected chi connectivity index (χ0v) is 9.08. The molecule has 1 atom stereocenters. The Morgan fingerprint density at radius 2 is 1.86 bits per heavy atom. The monoisotopic (exact) mass is 200 g/mol. The van der Waals surface area contributed by atoms with Gasteiger partial charge in [-0.05, 0) is 26.2 Å². The molecule has 0 saturated heterocycles. The van der Waals surface area contributed by atoms with E-state index in [9.17, 15) is 9.59 Å². The lowest BCUT2D eigenvalue weighted by Gasteiger charge is -2.09. The lowest BCUT2D eigenvalue weighted by Crippen LogP contribution is -2.13. The third-order valence-electron chi connectivity index (χ3n) is 2.32. The number of rotatable bonds is 8. The topological polar surface area (TPSA) is 54.4 Å². The molecule has 14 heavy (non-hydrogen) atoms. The molecule has 3 heteroatoms. The Hall–Kier alpha value is -0.860. The van der Waals surface area contributed by atoms with Crippen molar-refractivity contribution in [2.75, 3.05) is 0 Å². The summed E-state index contributed by atoms with van der Waals surface area (Å²) in [5.41, 5.74) is 0. The molecule has 0 bridgehead atoms. The lowest BCUT2D eigenvalue weighted by molar-refractivity contribution is -0.142. The highest BCUT2D eigenvalue weighted by Crippen LogP contribution is 2.15. The van der Waals surface area contributed by atoms with Gasteiger partial charge in [0.15, 0.2) is 0 Å². The first-order valence-electron chi connectivity index (χ1n) is 5.30. The smallest absolute Gasteiger partial charge is 0.306 e. The molecule has 0 amide bonds. The standard InChI is InChI=1S/C11H20O3/c1-3-6-10(11(13)14)8-5-4-7-9(2)12/h10H,3-8H2,1-2H3,(H,13,14). The van der Waals surface area contributed by atoms with Gasteiger partial charge in [-0.2, -0.15) is 0 Å². The second kappa shape index (κ2) is 7.54.